The monoisotopic (exact) mass is 343 g/mol. The standard InChI is InChI=1S/C17H25N7O/c1-2-4-15-21-22-16(24(15)5-3-1)13-18-10-14-11-19-17(20-12-14)23-6-8-25-9-7-23/h11-12,18H,1-10,13H2. The van der Waals surface area contributed by atoms with Gasteiger partial charge in [0.25, 0.3) is 0 Å². The van der Waals surface area contributed by atoms with Crippen molar-refractivity contribution < 1.29 is 4.74 Å². The van der Waals surface area contributed by atoms with Crippen molar-refractivity contribution in [1.82, 2.24) is 30.0 Å². The zero-order valence-corrected chi connectivity index (χ0v) is 14.5. The minimum atomic E-state index is 0.720. The van der Waals surface area contributed by atoms with Gasteiger partial charge >= 0.3 is 0 Å². The predicted molar refractivity (Wildman–Crippen MR) is 93.2 cm³/mol. The van der Waals surface area contributed by atoms with Crippen LogP contribution in [0.2, 0.25) is 0 Å². The summed E-state index contributed by atoms with van der Waals surface area (Å²) in [4.78, 5) is 11.1. The summed E-state index contributed by atoms with van der Waals surface area (Å²) in [6, 6.07) is 0. The number of nitrogens with zero attached hydrogens (tertiary/aromatic N) is 6. The Kier molecular flexibility index (Phi) is 5.17. The number of hydrogen-bond donors (Lipinski definition) is 1. The molecule has 0 saturated carbocycles. The van der Waals surface area contributed by atoms with Gasteiger partial charge in [0.2, 0.25) is 5.95 Å². The lowest BCUT2D eigenvalue weighted by molar-refractivity contribution is 0.122. The van der Waals surface area contributed by atoms with Crippen LogP contribution in [0.5, 0.6) is 0 Å². The van der Waals surface area contributed by atoms with E-state index in [4.69, 9.17) is 4.74 Å². The average molecular weight is 343 g/mol. The Bertz CT molecular complexity index is 679. The molecule has 0 amide bonds. The van der Waals surface area contributed by atoms with E-state index in [1.54, 1.807) is 0 Å². The Morgan fingerprint density at radius 3 is 2.64 bits per heavy atom. The molecule has 0 aromatic carbocycles. The fraction of sp³-hybridized carbons (Fsp3) is 0.647. The summed E-state index contributed by atoms with van der Waals surface area (Å²) in [6.07, 6.45) is 8.56. The van der Waals surface area contributed by atoms with Crippen molar-refractivity contribution >= 4 is 5.95 Å². The van der Waals surface area contributed by atoms with E-state index in [2.05, 4.69) is 34.9 Å². The largest absolute Gasteiger partial charge is 0.378 e. The molecule has 0 unspecified atom stereocenters. The first-order valence-corrected chi connectivity index (χ1v) is 9.15. The number of ether oxygens (including phenoxy) is 1. The lowest BCUT2D eigenvalue weighted by atomic mass is 10.2. The average Bonchev–Trinajstić information content (AvgIpc) is 2.89. The van der Waals surface area contributed by atoms with Gasteiger partial charge in [0, 0.05) is 50.6 Å². The maximum Gasteiger partial charge on any atom is 0.225 e. The molecule has 2 aromatic heterocycles. The molecule has 4 heterocycles. The summed E-state index contributed by atoms with van der Waals surface area (Å²) in [7, 11) is 0. The van der Waals surface area contributed by atoms with Crippen LogP contribution < -0.4 is 10.2 Å². The molecule has 0 bridgehead atoms. The molecule has 0 spiro atoms. The molecule has 1 saturated heterocycles. The SMILES string of the molecule is c1nc(N2CCOCC2)ncc1CNCc1nnc2n1CCCCC2. The van der Waals surface area contributed by atoms with Gasteiger partial charge < -0.3 is 19.5 Å². The number of anilines is 1. The van der Waals surface area contributed by atoms with Crippen LogP contribution in [0.4, 0.5) is 5.95 Å². The molecule has 0 atom stereocenters. The molecule has 8 nitrogen and oxygen atoms in total. The second-order valence-electron chi connectivity index (χ2n) is 6.59. The van der Waals surface area contributed by atoms with Crippen LogP contribution in [-0.2, 0) is 30.8 Å². The van der Waals surface area contributed by atoms with Gasteiger partial charge in [-0.1, -0.05) is 6.42 Å². The molecule has 134 valence electrons. The Morgan fingerprint density at radius 1 is 0.960 bits per heavy atom. The Morgan fingerprint density at radius 2 is 1.80 bits per heavy atom. The number of nitrogens with one attached hydrogen (secondary N) is 1. The van der Waals surface area contributed by atoms with Crippen LogP contribution in [0.3, 0.4) is 0 Å². The van der Waals surface area contributed by atoms with Crippen molar-refractivity contribution in [3.8, 4) is 0 Å². The highest BCUT2D eigenvalue weighted by molar-refractivity contribution is 5.30. The van der Waals surface area contributed by atoms with Crippen molar-refractivity contribution in [1.29, 1.82) is 0 Å². The Labute approximate surface area is 147 Å². The van der Waals surface area contributed by atoms with Crippen LogP contribution in [0.25, 0.3) is 0 Å². The van der Waals surface area contributed by atoms with Crippen molar-refractivity contribution in [3.05, 3.63) is 29.6 Å². The third-order valence-electron chi connectivity index (χ3n) is 4.78. The van der Waals surface area contributed by atoms with Crippen molar-refractivity contribution in [2.24, 2.45) is 0 Å². The normalized spacial score (nSPS) is 18.0. The minimum absolute atomic E-state index is 0.720. The smallest absolute Gasteiger partial charge is 0.225 e. The lowest BCUT2D eigenvalue weighted by Crippen LogP contribution is -2.37. The van der Waals surface area contributed by atoms with Gasteiger partial charge in [-0.05, 0) is 12.8 Å². The van der Waals surface area contributed by atoms with Crippen LogP contribution in [0.1, 0.15) is 36.5 Å². The predicted octanol–water partition coefficient (Wildman–Crippen LogP) is 0.921. The molecule has 2 aliphatic rings. The highest BCUT2D eigenvalue weighted by Crippen LogP contribution is 2.14. The quantitative estimate of drug-likeness (QED) is 0.864. The minimum Gasteiger partial charge on any atom is -0.378 e. The fourth-order valence-corrected chi connectivity index (χ4v) is 3.36. The van der Waals surface area contributed by atoms with Gasteiger partial charge in [-0.3, -0.25) is 0 Å². The number of morpholine rings is 1. The number of rotatable bonds is 5. The van der Waals surface area contributed by atoms with Gasteiger partial charge in [0.15, 0.2) is 0 Å². The zero-order valence-electron chi connectivity index (χ0n) is 14.5. The third kappa shape index (κ3) is 3.96. The van der Waals surface area contributed by atoms with Gasteiger partial charge in [0.1, 0.15) is 11.6 Å². The van der Waals surface area contributed by atoms with Crippen LogP contribution in [-0.4, -0.2) is 51.0 Å². The first-order valence-electron chi connectivity index (χ1n) is 9.15. The molecule has 2 aromatic rings. The first-order chi connectivity index (χ1) is 12.4. The molecule has 1 N–H and O–H groups in total. The number of aromatic nitrogens is 5. The molecule has 0 radical (unpaired) electrons. The number of aryl methyl sites for hydroxylation is 1. The molecule has 4 rings (SSSR count). The van der Waals surface area contributed by atoms with E-state index in [0.29, 0.717) is 0 Å². The highest BCUT2D eigenvalue weighted by Gasteiger charge is 2.15. The molecule has 8 heteroatoms. The summed E-state index contributed by atoms with van der Waals surface area (Å²) in [6.45, 7) is 5.69. The van der Waals surface area contributed by atoms with Crippen molar-refractivity contribution in [2.75, 3.05) is 31.2 Å². The topological polar surface area (TPSA) is 81.0 Å². The zero-order chi connectivity index (χ0) is 16.9. The first kappa shape index (κ1) is 16.4. The van der Waals surface area contributed by atoms with Crippen LogP contribution >= 0.6 is 0 Å². The lowest BCUT2D eigenvalue weighted by Gasteiger charge is -2.26. The Balaban J connectivity index is 1.31. The van der Waals surface area contributed by atoms with Crippen molar-refractivity contribution in [3.63, 3.8) is 0 Å². The molecule has 25 heavy (non-hydrogen) atoms. The molecular weight excluding hydrogens is 318 g/mol. The van der Waals surface area contributed by atoms with E-state index in [-0.39, 0.29) is 0 Å². The summed E-state index contributed by atoms with van der Waals surface area (Å²) >= 11 is 0. The van der Waals surface area contributed by atoms with E-state index in [1.165, 1.54) is 19.3 Å². The van der Waals surface area contributed by atoms with Gasteiger partial charge in [-0.2, -0.15) is 0 Å². The molecular formula is C17H25N7O. The molecule has 1 fully saturated rings. The van der Waals surface area contributed by atoms with E-state index in [1.807, 2.05) is 12.4 Å². The van der Waals surface area contributed by atoms with Gasteiger partial charge in [-0.25, -0.2) is 9.97 Å². The maximum absolute atomic E-state index is 5.36. The van der Waals surface area contributed by atoms with Gasteiger partial charge in [-0.15, -0.1) is 10.2 Å². The second-order valence-corrected chi connectivity index (χ2v) is 6.59. The fourth-order valence-electron chi connectivity index (χ4n) is 3.36. The van der Waals surface area contributed by atoms with Crippen LogP contribution in [0, 0.1) is 0 Å². The summed E-state index contributed by atoms with van der Waals surface area (Å²) in [5.41, 5.74) is 1.08. The summed E-state index contributed by atoms with van der Waals surface area (Å²) in [5, 5.41) is 12.1. The Hall–Kier alpha value is -2.06. The molecule has 0 aliphatic carbocycles. The molecule has 2 aliphatic heterocycles. The summed E-state index contributed by atoms with van der Waals surface area (Å²) < 4.78 is 7.64. The van der Waals surface area contributed by atoms with E-state index in [9.17, 15) is 0 Å². The third-order valence-corrected chi connectivity index (χ3v) is 4.78. The maximum atomic E-state index is 5.36. The second kappa shape index (κ2) is 7.88. The van der Waals surface area contributed by atoms with Crippen molar-refractivity contribution in [2.45, 2.75) is 45.3 Å². The number of fused-ring (bicyclic) bond motifs is 1. The van der Waals surface area contributed by atoms with E-state index in [0.717, 1.165) is 75.5 Å². The van der Waals surface area contributed by atoms with Crippen LogP contribution in [0.15, 0.2) is 12.4 Å². The van der Waals surface area contributed by atoms with Gasteiger partial charge in [0.05, 0.1) is 19.8 Å². The van der Waals surface area contributed by atoms with E-state index < -0.39 is 0 Å². The van der Waals surface area contributed by atoms with E-state index >= 15 is 0 Å². The summed E-state index contributed by atoms with van der Waals surface area (Å²) in [5.74, 6) is 2.95. The number of hydrogen-bond acceptors (Lipinski definition) is 7. The highest BCUT2D eigenvalue weighted by atomic mass is 16.5.